The molecule has 7 nitrogen and oxygen atoms in total. The third kappa shape index (κ3) is 2.73. The van der Waals surface area contributed by atoms with Crippen molar-refractivity contribution in [3.8, 4) is 5.88 Å². The van der Waals surface area contributed by atoms with Crippen molar-refractivity contribution < 1.29 is 9.66 Å². The van der Waals surface area contributed by atoms with Gasteiger partial charge in [-0.25, -0.2) is 0 Å². The standard InChI is InChI=1S/C10H16N4O3/c1-17-10-9(14(15)16)7-13(12-10)6-8-2-4-11-5-3-8/h7-8,11H,2-6H2,1H3. The van der Waals surface area contributed by atoms with Gasteiger partial charge in [-0.2, -0.15) is 0 Å². The maximum Gasteiger partial charge on any atom is 0.350 e. The second kappa shape index (κ2) is 5.13. The molecule has 1 aliphatic heterocycles. The van der Waals surface area contributed by atoms with Crippen molar-refractivity contribution in [3.05, 3.63) is 16.3 Å². The number of nitrogens with zero attached hydrogens (tertiary/aromatic N) is 3. The third-order valence-electron chi connectivity index (χ3n) is 3.00. The fraction of sp³-hybridized carbons (Fsp3) is 0.700. The van der Waals surface area contributed by atoms with Crippen molar-refractivity contribution in [3.63, 3.8) is 0 Å². The number of nitro groups is 1. The molecule has 0 atom stereocenters. The Bertz CT molecular complexity index is 398. The summed E-state index contributed by atoms with van der Waals surface area (Å²) in [6.07, 6.45) is 3.60. The van der Waals surface area contributed by atoms with Crippen LogP contribution in [0.1, 0.15) is 12.8 Å². The fourth-order valence-electron chi connectivity index (χ4n) is 2.09. The summed E-state index contributed by atoms with van der Waals surface area (Å²) >= 11 is 0. The maximum absolute atomic E-state index is 10.7. The van der Waals surface area contributed by atoms with Gasteiger partial charge in [0.1, 0.15) is 6.20 Å². The van der Waals surface area contributed by atoms with E-state index in [9.17, 15) is 10.1 Å². The van der Waals surface area contributed by atoms with E-state index in [2.05, 4.69) is 10.4 Å². The third-order valence-corrected chi connectivity index (χ3v) is 3.00. The Kier molecular flexibility index (Phi) is 3.58. The van der Waals surface area contributed by atoms with Gasteiger partial charge in [0, 0.05) is 6.54 Å². The molecule has 17 heavy (non-hydrogen) atoms. The van der Waals surface area contributed by atoms with Crippen molar-refractivity contribution >= 4 is 5.69 Å². The molecule has 1 saturated heterocycles. The van der Waals surface area contributed by atoms with Gasteiger partial charge < -0.3 is 10.1 Å². The van der Waals surface area contributed by atoms with E-state index in [1.165, 1.54) is 13.3 Å². The van der Waals surface area contributed by atoms with Crippen molar-refractivity contribution in [2.45, 2.75) is 19.4 Å². The quantitative estimate of drug-likeness (QED) is 0.621. The van der Waals surface area contributed by atoms with E-state index in [0.29, 0.717) is 12.5 Å². The smallest absolute Gasteiger partial charge is 0.350 e. The van der Waals surface area contributed by atoms with Crippen LogP contribution < -0.4 is 10.1 Å². The minimum atomic E-state index is -0.468. The highest BCUT2D eigenvalue weighted by molar-refractivity contribution is 5.38. The lowest BCUT2D eigenvalue weighted by Crippen LogP contribution is -2.29. The Labute approximate surface area is 98.9 Å². The highest BCUT2D eigenvalue weighted by Crippen LogP contribution is 2.25. The molecule has 0 amide bonds. The normalized spacial score (nSPS) is 17.0. The highest BCUT2D eigenvalue weighted by atomic mass is 16.6. The molecule has 0 spiro atoms. The van der Waals surface area contributed by atoms with Gasteiger partial charge in [0.25, 0.3) is 0 Å². The van der Waals surface area contributed by atoms with E-state index in [4.69, 9.17) is 4.74 Å². The zero-order chi connectivity index (χ0) is 12.3. The topological polar surface area (TPSA) is 82.2 Å². The van der Waals surface area contributed by atoms with E-state index in [1.807, 2.05) is 0 Å². The van der Waals surface area contributed by atoms with Crippen LogP contribution in [0.3, 0.4) is 0 Å². The number of rotatable bonds is 4. The average molecular weight is 240 g/mol. The van der Waals surface area contributed by atoms with Crippen LogP contribution in [-0.2, 0) is 6.54 Å². The number of nitrogens with one attached hydrogen (secondary N) is 1. The molecule has 2 heterocycles. The molecule has 1 N–H and O–H groups in total. The van der Waals surface area contributed by atoms with Gasteiger partial charge >= 0.3 is 11.6 Å². The van der Waals surface area contributed by atoms with Crippen LogP contribution in [0.4, 0.5) is 5.69 Å². The fourth-order valence-corrected chi connectivity index (χ4v) is 2.09. The first-order valence-corrected chi connectivity index (χ1v) is 5.67. The van der Waals surface area contributed by atoms with Gasteiger partial charge in [0.05, 0.1) is 12.0 Å². The Morgan fingerprint density at radius 2 is 2.35 bits per heavy atom. The Hall–Kier alpha value is -1.63. The molecule has 1 aromatic rings. The summed E-state index contributed by atoms with van der Waals surface area (Å²) in [4.78, 5) is 10.3. The van der Waals surface area contributed by atoms with E-state index < -0.39 is 4.92 Å². The van der Waals surface area contributed by atoms with Gasteiger partial charge in [0.15, 0.2) is 0 Å². The zero-order valence-corrected chi connectivity index (χ0v) is 9.76. The van der Waals surface area contributed by atoms with Crippen LogP contribution >= 0.6 is 0 Å². The summed E-state index contributed by atoms with van der Waals surface area (Å²) < 4.78 is 6.51. The maximum atomic E-state index is 10.7. The van der Waals surface area contributed by atoms with Gasteiger partial charge in [-0.1, -0.05) is 0 Å². The van der Waals surface area contributed by atoms with E-state index in [0.717, 1.165) is 25.9 Å². The van der Waals surface area contributed by atoms with Crippen molar-refractivity contribution in [1.29, 1.82) is 0 Å². The first-order valence-electron chi connectivity index (χ1n) is 5.67. The second-order valence-corrected chi connectivity index (χ2v) is 4.20. The molecule has 0 saturated carbocycles. The molecule has 0 aromatic carbocycles. The summed E-state index contributed by atoms with van der Waals surface area (Å²) in [7, 11) is 1.39. The predicted molar refractivity (Wildman–Crippen MR) is 61.0 cm³/mol. The molecule has 1 aromatic heterocycles. The Balaban J connectivity index is 2.07. The van der Waals surface area contributed by atoms with E-state index in [1.54, 1.807) is 4.68 Å². The Morgan fingerprint density at radius 3 is 2.88 bits per heavy atom. The molecule has 0 radical (unpaired) electrons. The summed E-state index contributed by atoms with van der Waals surface area (Å²) in [5, 5.41) is 18.1. The van der Waals surface area contributed by atoms with Crippen LogP contribution in [0.2, 0.25) is 0 Å². The number of hydrogen-bond acceptors (Lipinski definition) is 5. The van der Waals surface area contributed by atoms with Crippen LogP contribution in [0.15, 0.2) is 6.20 Å². The van der Waals surface area contributed by atoms with Gasteiger partial charge in [-0.3, -0.25) is 14.8 Å². The molecule has 0 bridgehead atoms. The molecular formula is C10H16N4O3. The van der Waals surface area contributed by atoms with Gasteiger partial charge in [-0.15, -0.1) is 5.10 Å². The van der Waals surface area contributed by atoms with Gasteiger partial charge in [0.2, 0.25) is 0 Å². The second-order valence-electron chi connectivity index (χ2n) is 4.20. The molecule has 0 unspecified atom stereocenters. The monoisotopic (exact) mass is 240 g/mol. The van der Waals surface area contributed by atoms with Gasteiger partial charge in [-0.05, 0) is 31.8 Å². The number of methoxy groups -OCH3 is 1. The molecular weight excluding hydrogens is 224 g/mol. The highest BCUT2D eigenvalue weighted by Gasteiger charge is 2.22. The van der Waals surface area contributed by atoms with Crippen LogP contribution in [0.25, 0.3) is 0 Å². The van der Waals surface area contributed by atoms with Crippen LogP contribution in [0.5, 0.6) is 5.88 Å². The van der Waals surface area contributed by atoms with E-state index >= 15 is 0 Å². The van der Waals surface area contributed by atoms with Crippen molar-refractivity contribution in [2.75, 3.05) is 20.2 Å². The first kappa shape index (κ1) is 11.8. The molecule has 7 heteroatoms. The summed E-state index contributed by atoms with van der Waals surface area (Å²) in [5.41, 5.74) is -0.0681. The number of hydrogen-bond donors (Lipinski definition) is 1. The van der Waals surface area contributed by atoms with Crippen molar-refractivity contribution in [1.82, 2.24) is 15.1 Å². The molecule has 2 rings (SSSR count). The summed E-state index contributed by atoms with van der Waals surface area (Å²) in [6, 6.07) is 0. The lowest BCUT2D eigenvalue weighted by Gasteiger charge is -2.22. The molecule has 1 fully saturated rings. The molecule has 0 aliphatic carbocycles. The molecule has 1 aliphatic rings. The zero-order valence-electron chi connectivity index (χ0n) is 9.76. The van der Waals surface area contributed by atoms with E-state index in [-0.39, 0.29) is 11.6 Å². The lowest BCUT2D eigenvalue weighted by atomic mass is 9.98. The average Bonchev–Trinajstić information content (AvgIpc) is 2.73. The predicted octanol–water partition coefficient (Wildman–Crippen LogP) is 0.799. The lowest BCUT2D eigenvalue weighted by molar-refractivity contribution is -0.385. The molecule has 94 valence electrons. The SMILES string of the molecule is COc1nn(CC2CCNCC2)cc1[N+](=O)[O-]. The van der Waals surface area contributed by atoms with Crippen LogP contribution in [-0.4, -0.2) is 34.9 Å². The van der Waals surface area contributed by atoms with Crippen LogP contribution in [0, 0.1) is 16.0 Å². The number of aromatic nitrogens is 2. The first-order chi connectivity index (χ1) is 8.20. The summed E-state index contributed by atoms with van der Waals surface area (Å²) in [5.74, 6) is 0.615. The number of ether oxygens (including phenoxy) is 1. The minimum absolute atomic E-state index is 0.0681. The number of piperidine rings is 1. The van der Waals surface area contributed by atoms with Crippen molar-refractivity contribution in [2.24, 2.45) is 5.92 Å². The minimum Gasteiger partial charge on any atom is -0.475 e. The largest absolute Gasteiger partial charge is 0.475 e. The summed E-state index contributed by atoms with van der Waals surface area (Å²) in [6.45, 7) is 2.72. The Morgan fingerprint density at radius 1 is 1.65 bits per heavy atom.